The van der Waals surface area contributed by atoms with E-state index in [1.165, 1.54) is 88.8 Å². The molecule has 2 nitrogen and oxygen atoms in total. The van der Waals surface area contributed by atoms with E-state index < -0.39 is 0 Å². The summed E-state index contributed by atoms with van der Waals surface area (Å²) in [7, 11) is 0. The van der Waals surface area contributed by atoms with Crippen LogP contribution in [0.4, 0.5) is 17.1 Å². The Hall–Kier alpha value is -7.16. The predicted molar refractivity (Wildman–Crippen MR) is 253 cm³/mol. The summed E-state index contributed by atoms with van der Waals surface area (Å²) in [6, 6.07) is 58.8. The van der Waals surface area contributed by atoms with Crippen LogP contribution in [0.2, 0.25) is 0 Å². The number of para-hydroxylation sites is 2. The van der Waals surface area contributed by atoms with Crippen LogP contribution in [0.3, 0.4) is 0 Å². The number of fused-ring (bicyclic) bond motifs is 7. The fraction of sp³-hybridized carbons (Fsp3) is 0.103. The van der Waals surface area contributed by atoms with Crippen molar-refractivity contribution in [2.75, 3.05) is 4.90 Å². The van der Waals surface area contributed by atoms with E-state index in [1.807, 2.05) is 0 Å². The Balaban J connectivity index is 1.15. The van der Waals surface area contributed by atoms with Gasteiger partial charge in [0.15, 0.2) is 0 Å². The van der Waals surface area contributed by atoms with Gasteiger partial charge in [-0.1, -0.05) is 178 Å². The van der Waals surface area contributed by atoms with Gasteiger partial charge in [-0.05, 0) is 105 Å². The monoisotopic (exact) mass is 768 g/mol. The Labute approximate surface area is 352 Å². The van der Waals surface area contributed by atoms with Crippen LogP contribution in [0.15, 0.2) is 212 Å². The fourth-order valence-electron chi connectivity index (χ4n) is 10.8. The minimum Gasteiger partial charge on any atom is -0.310 e. The first-order chi connectivity index (χ1) is 29.5. The van der Waals surface area contributed by atoms with Crippen molar-refractivity contribution in [3.05, 3.63) is 234 Å². The van der Waals surface area contributed by atoms with Gasteiger partial charge in [-0.25, -0.2) is 0 Å². The van der Waals surface area contributed by atoms with E-state index in [0.29, 0.717) is 0 Å². The number of hydrogen-bond donors (Lipinski definition) is 0. The van der Waals surface area contributed by atoms with Crippen molar-refractivity contribution >= 4 is 44.4 Å². The van der Waals surface area contributed by atoms with Gasteiger partial charge < -0.3 is 9.47 Å². The maximum absolute atomic E-state index is 2.53. The summed E-state index contributed by atoms with van der Waals surface area (Å²) in [5.74, 6) is 0. The lowest BCUT2D eigenvalue weighted by atomic mass is 9.67. The molecule has 0 aliphatic heterocycles. The summed E-state index contributed by atoms with van der Waals surface area (Å²) >= 11 is 0. The molecule has 0 spiro atoms. The molecule has 0 amide bonds. The quantitative estimate of drug-likeness (QED) is 0.164. The van der Waals surface area contributed by atoms with Crippen LogP contribution < -0.4 is 4.90 Å². The first-order valence-corrected chi connectivity index (χ1v) is 21.3. The lowest BCUT2D eigenvalue weighted by Gasteiger charge is -2.37. The molecule has 1 heterocycles. The van der Waals surface area contributed by atoms with Gasteiger partial charge in [0.05, 0.1) is 22.4 Å². The molecule has 0 saturated heterocycles. The van der Waals surface area contributed by atoms with Crippen molar-refractivity contribution in [2.24, 2.45) is 5.41 Å². The first kappa shape index (κ1) is 34.8. The molecule has 0 saturated carbocycles. The number of nitrogens with zero attached hydrogens (tertiary/aromatic N) is 2. The van der Waals surface area contributed by atoms with E-state index in [1.54, 1.807) is 0 Å². The summed E-state index contributed by atoms with van der Waals surface area (Å²) in [4.78, 5) is 2.53. The summed E-state index contributed by atoms with van der Waals surface area (Å²) < 4.78 is 2.52. The molecule has 2 heteroatoms. The van der Waals surface area contributed by atoms with Crippen LogP contribution >= 0.6 is 0 Å². The molecular weight excluding hydrogens is 725 g/mol. The Morgan fingerprint density at radius 1 is 0.533 bits per heavy atom. The lowest BCUT2D eigenvalue weighted by molar-refractivity contribution is 0.515. The molecule has 4 aliphatic carbocycles. The molecular formula is C58H44N2. The molecule has 12 rings (SSSR count). The highest BCUT2D eigenvalue weighted by Gasteiger charge is 2.41. The zero-order chi connectivity index (χ0) is 40.0. The van der Waals surface area contributed by atoms with E-state index in [-0.39, 0.29) is 10.8 Å². The van der Waals surface area contributed by atoms with Crippen LogP contribution in [0.25, 0.3) is 55.3 Å². The van der Waals surface area contributed by atoms with Crippen molar-refractivity contribution in [1.29, 1.82) is 0 Å². The van der Waals surface area contributed by atoms with Gasteiger partial charge >= 0.3 is 0 Å². The van der Waals surface area contributed by atoms with Gasteiger partial charge in [-0.2, -0.15) is 0 Å². The van der Waals surface area contributed by atoms with Gasteiger partial charge in [0.2, 0.25) is 0 Å². The summed E-state index contributed by atoms with van der Waals surface area (Å²) in [5.41, 5.74) is 20.1. The molecule has 2 unspecified atom stereocenters. The van der Waals surface area contributed by atoms with Gasteiger partial charge in [-0.3, -0.25) is 0 Å². The van der Waals surface area contributed by atoms with E-state index >= 15 is 0 Å². The van der Waals surface area contributed by atoms with Crippen LogP contribution in [-0.4, -0.2) is 4.57 Å². The molecule has 1 aromatic heterocycles. The highest BCUT2D eigenvalue weighted by Crippen LogP contribution is 2.59. The predicted octanol–water partition coefficient (Wildman–Crippen LogP) is 15.2. The highest BCUT2D eigenvalue weighted by atomic mass is 15.1. The van der Waals surface area contributed by atoms with Crippen molar-refractivity contribution in [2.45, 2.75) is 32.1 Å². The molecule has 0 fully saturated rings. The van der Waals surface area contributed by atoms with Gasteiger partial charge in [0, 0.05) is 38.5 Å². The average Bonchev–Trinajstić information content (AvgIpc) is 3.81. The van der Waals surface area contributed by atoms with E-state index in [9.17, 15) is 0 Å². The van der Waals surface area contributed by atoms with E-state index in [4.69, 9.17) is 0 Å². The molecule has 0 N–H and O–H groups in total. The van der Waals surface area contributed by atoms with Crippen molar-refractivity contribution in [1.82, 2.24) is 4.57 Å². The van der Waals surface area contributed by atoms with Crippen LogP contribution in [0, 0.1) is 5.41 Å². The van der Waals surface area contributed by atoms with Crippen LogP contribution in [0.5, 0.6) is 0 Å². The molecule has 7 aromatic carbocycles. The fourth-order valence-corrected chi connectivity index (χ4v) is 10.8. The molecule has 4 aliphatic rings. The number of allylic oxidation sites excluding steroid dienone is 9. The zero-order valence-corrected chi connectivity index (χ0v) is 33.9. The normalized spacial score (nSPS) is 19.5. The Morgan fingerprint density at radius 3 is 2.13 bits per heavy atom. The molecule has 286 valence electrons. The molecule has 0 bridgehead atoms. The number of rotatable bonds is 6. The van der Waals surface area contributed by atoms with Gasteiger partial charge in [-0.15, -0.1) is 0 Å². The maximum atomic E-state index is 2.53. The van der Waals surface area contributed by atoms with Crippen molar-refractivity contribution < 1.29 is 0 Å². The smallest absolute Gasteiger partial charge is 0.0562 e. The minimum absolute atomic E-state index is 0.0876. The Morgan fingerprint density at radius 2 is 1.25 bits per heavy atom. The average molecular weight is 769 g/mol. The molecule has 8 aromatic rings. The Bertz CT molecular complexity index is 3240. The largest absolute Gasteiger partial charge is 0.310 e. The molecule has 60 heavy (non-hydrogen) atoms. The van der Waals surface area contributed by atoms with Gasteiger partial charge in [0.25, 0.3) is 0 Å². The summed E-state index contributed by atoms with van der Waals surface area (Å²) in [6.45, 7) is 4.78. The zero-order valence-electron chi connectivity index (χ0n) is 33.9. The topological polar surface area (TPSA) is 8.17 Å². The van der Waals surface area contributed by atoms with Crippen LogP contribution in [0.1, 0.15) is 42.5 Å². The third kappa shape index (κ3) is 5.13. The standard InChI is InChI=1S/C58H44N2/c1-57(33-12-4-13-34-57)48-26-8-10-29-51(48)60-50-28-9-7-23-44(50)45-32-31-43(37-53(45)60)59(42-22-15-20-40(36-42)39-18-5-3-6-19-39)52-30-17-25-47-46-24-16-21-41-38-58(2)35-14-11-27-49(58)56(54(41)46)55(47)52/h3-33,35-37H,34,38H2,1-2H3. The third-order valence-corrected chi connectivity index (χ3v) is 13.6. The van der Waals surface area contributed by atoms with Crippen molar-refractivity contribution in [3.63, 3.8) is 0 Å². The number of hydrogen-bond acceptors (Lipinski definition) is 1. The van der Waals surface area contributed by atoms with Crippen LogP contribution in [-0.2, 0) is 11.8 Å². The van der Waals surface area contributed by atoms with Gasteiger partial charge in [0.1, 0.15) is 0 Å². The number of benzene rings is 7. The maximum Gasteiger partial charge on any atom is 0.0562 e. The molecule has 0 radical (unpaired) electrons. The third-order valence-electron chi connectivity index (χ3n) is 13.6. The second-order valence-electron chi connectivity index (χ2n) is 17.4. The minimum atomic E-state index is -0.130. The number of anilines is 3. The second-order valence-corrected chi connectivity index (χ2v) is 17.4. The summed E-state index contributed by atoms with van der Waals surface area (Å²) in [5, 5.41) is 2.50. The Kier molecular flexibility index (Phi) is 7.65. The first-order valence-electron chi connectivity index (χ1n) is 21.3. The van der Waals surface area contributed by atoms with E-state index in [2.05, 4.69) is 230 Å². The highest BCUT2D eigenvalue weighted by molar-refractivity contribution is 6.12. The molecule has 2 atom stereocenters. The van der Waals surface area contributed by atoms with Crippen molar-refractivity contribution in [3.8, 4) is 27.9 Å². The lowest BCUT2D eigenvalue weighted by Crippen LogP contribution is -2.26. The summed E-state index contributed by atoms with van der Waals surface area (Å²) in [6.07, 6.45) is 20.2. The second kappa shape index (κ2) is 13.2. The number of aromatic nitrogens is 1. The van der Waals surface area contributed by atoms with E-state index in [0.717, 1.165) is 24.2 Å². The SMILES string of the molecule is CC12C=CC=CC1=C1c3c(cccc3-c3cccc(N(c4cccc(-c5ccccc5)c4)c4ccc5c6ccccc6n(-c6ccccc6C6(C)C=CC=CC6)c5c4)c31)C2.